The Morgan fingerprint density at radius 1 is 1.09 bits per heavy atom. The van der Waals surface area contributed by atoms with Crippen molar-refractivity contribution in [2.24, 2.45) is 0 Å². The Morgan fingerprint density at radius 3 is 2.65 bits per heavy atom. The molecule has 3 aromatic rings. The summed E-state index contributed by atoms with van der Waals surface area (Å²) in [4.78, 5) is 22.5. The van der Waals surface area contributed by atoms with Crippen molar-refractivity contribution in [3.05, 3.63) is 76.5 Å². The molecule has 0 bridgehead atoms. The Morgan fingerprint density at radius 2 is 1.83 bits per heavy atom. The third kappa shape index (κ3) is 3.06. The fourth-order valence-corrected chi connectivity index (χ4v) is 2.55. The highest BCUT2D eigenvalue weighted by atomic mass is 16.6. The molecule has 0 saturated heterocycles. The third-order valence-corrected chi connectivity index (χ3v) is 3.66. The number of nitro groups is 1. The van der Waals surface area contributed by atoms with Gasteiger partial charge >= 0.3 is 0 Å². The molecule has 0 unspecified atom stereocenters. The summed E-state index contributed by atoms with van der Waals surface area (Å²) >= 11 is 0. The Kier molecular flexibility index (Phi) is 4.05. The number of aromatic nitrogens is 1. The van der Waals surface area contributed by atoms with Gasteiger partial charge in [0.25, 0.3) is 11.6 Å². The van der Waals surface area contributed by atoms with E-state index in [1.54, 1.807) is 12.1 Å². The molecule has 1 heterocycles. The maximum absolute atomic E-state index is 12.1. The Hall–Kier alpha value is -3.15. The van der Waals surface area contributed by atoms with Gasteiger partial charge in [-0.1, -0.05) is 30.3 Å². The molecule has 0 aliphatic heterocycles. The van der Waals surface area contributed by atoms with Gasteiger partial charge in [-0.3, -0.25) is 14.9 Å². The van der Waals surface area contributed by atoms with Crippen LogP contribution >= 0.6 is 0 Å². The zero-order valence-corrected chi connectivity index (χ0v) is 12.3. The molecule has 6 heteroatoms. The van der Waals surface area contributed by atoms with E-state index in [0.29, 0.717) is 13.1 Å². The van der Waals surface area contributed by atoms with E-state index in [4.69, 9.17) is 0 Å². The SMILES string of the molecule is O=C(NCCn1ccc2ccccc21)c1ccccc1[N+](=O)[O-]. The molecule has 0 saturated carbocycles. The van der Waals surface area contributed by atoms with Gasteiger partial charge in [0, 0.05) is 30.9 Å². The van der Waals surface area contributed by atoms with Crippen molar-refractivity contribution in [1.29, 1.82) is 0 Å². The normalized spacial score (nSPS) is 10.6. The molecule has 2 aromatic carbocycles. The van der Waals surface area contributed by atoms with Crippen LogP contribution in [0.5, 0.6) is 0 Å². The van der Waals surface area contributed by atoms with Crippen LogP contribution in [0.15, 0.2) is 60.8 Å². The van der Waals surface area contributed by atoms with Crippen LogP contribution in [0.4, 0.5) is 5.69 Å². The van der Waals surface area contributed by atoms with E-state index in [2.05, 4.69) is 5.32 Å². The first-order valence-electron chi connectivity index (χ1n) is 7.22. The Balaban J connectivity index is 1.67. The number of benzene rings is 2. The number of fused-ring (bicyclic) bond motifs is 1. The highest BCUT2D eigenvalue weighted by Crippen LogP contribution is 2.17. The first kappa shape index (κ1) is 14.8. The minimum Gasteiger partial charge on any atom is -0.350 e. The van der Waals surface area contributed by atoms with Crippen molar-refractivity contribution in [1.82, 2.24) is 9.88 Å². The molecular weight excluding hydrogens is 294 g/mol. The van der Waals surface area contributed by atoms with Crippen LogP contribution in [-0.4, -0.2) is 21.9 Å². The van der Waals surface area contributed by atoms with Gasteiger partial charge in [0.15, 0.2) is 0 Å². The number of nitro benzene ring substituents is 1. The lowest BCUT2D eigenvalue weighted by molar-refractivity contribution is -0.385. The lowest BCUT2D eigenvalue weighted by Crippen LogP contribution is -2.27. The van der Waals surface area contributed by atoms with Crippen LogP contribution < -0.4 is 5.32 Å². The van der Waals surface area contributed by atoms with Crippen molar-refractivity contribution in [2.45, 2.75) is 6.54 Å². The average molecular weight is 309 g/mol. The van der Waals surface area contributed by atoms with Crippen molar-refractivity contribution >= 4 is 22.5 Å². The smallest absolute Gasteiger partial charge is 0.282 e. The molecule has 1 N–H and O–H groups in total. The topological polar surface area (TPSA) is 77.2 Å². The van der Waals surface area contributed by atoms with Crippen LogP contribution in [0.25, 0.3) is 10.9 Å². The molecule has 0 aliphatic carbocycles. The molecule has 0 aliphatic rings. The fraction of sp³-hybridized carbons (Fsp3) is 0.118. The zero-order chi connectivity index (χ0) is 16.2. The summed E-state index contributed by atoms with van der Waals surface area (Å²) in [7, 11) is 0. The third-order valence-electron chi connectivity index (χ3n) is 3.66. The lowest BCUT2D eigenvalue weighted by Gasteiger charge is -2.08. The van der Waals surface area contributed by atoms with Crippen LogP contribution in [0, 0.1) is 10.1 Å². The van der Waals surface area contributed by atoms with Crippen LogP contribution in [0.2, 0.25) is 0 Å². The molecule has 6 nitrogen and oxygen atoms in total. The minimum absolute atomic E-state index is 0.0786. The Bertz CT molecular complexity index is 870. The standard InChI is InChI=1S/C17H15N3O3/c21-17(14-6-2-4-8-16(14)20(22)23)18-10-12-19-11-9-13-5-1-3-7-15(13)19/h1-9,11H,10,12H2,(H,18,21). The number of nitrogens with zero attached hydrogens (tertiary/aromatic N) is 2. The number of carbonyl (C=O) groups is 1. The molecule has 116 valence electrons. The van der Waals surface area contributed by atoms with Crippen molar-refractivity contribution in [2.75, 3.05) is 6.54 Å². The number of nitrogens with one attached hydrogen (secondary N) is 1. The summed E-state index contributed by atoms with van der Waals surface area (Å²) in [6, 6.07) is 15.9. The quantitative estimate of drug-likeness (QED) is 0.581. The molecule has 0 spiro atoms. The Labute approximate surface area is 132 Å². The zero-order valence-electron chi connectivity index (χ0n) is 12.3. The lowest BCUT2D eigenvalue weighted by atomic mass is 10.1. The van der Waals surface area contributed by atoms with E-state index in [1.807, 2.05) is 41.1 Å². The van der Waals surface area contributed by atoms with Crippen LogP contribution in [-0.2, 0) is 6.54 Å². The summed E-state index contributed by atoms with van der Waals surface area (Å²) < 4.78 is 2.04. The van der Waals surface area contributed by atoms with Crippen LogP contribution in [0.3, 0.4) is 0 Å². The van der Waals surface area contributed by atoms with Crippen molar-refractivity contribution in [3.63, 3.8) is 0 Å². The first-order chi connectivity index (χ1) is 11.2. The number of rotatable bonds is 5. The van der Waals surface area contributed by atoms with E-state index >= 15 is 0 Å². The highest BCUT2D eigenvalue weighted by molar-refractivity contribution is 5.98. The molecular formula is C17H15N3O3. The molecule has 1 aromatic heterocycles. The van der Waals surface area contributed by atoms with E-state index < -0.39 is 10.8 Å². The summed E-state index contributed by atoms with van der Waals surface area (Å²) in [5.41, 5.74) is 0.985. The predicted molar refractivity (Wildman–Crippen MR) is 87.4 cm³/mol. The molecule has 3 rings (SSSR count). The number of carbonyl (C=O) groups excluding carboxylic acids is 1. The van der Waals surface area contributed by atoms with Gasteiger partial charge in [0.1, 0.15) is 5.56 Å². The molecule has 0 radical (unpaired) electrons. The largest absolute Gasteiger partial charge is 0.350 e. The van der Waals surface area contributed by atoms with E-state index in [1.165, 1.54) is 12.1 Å². The molecule has 0 fully saturated rings. The van der Waals surface area contributed by atoms with Gasteiger partial charge in [-0.05, 0) is 23.6 Å². The second-order valence-corrected chi connectivity index (χ2v) is 5.10. The van der Waals surface area contributed by atoms with Gasteiger partial charge in [0.05, 0.1) is 4.92 Å². The van der Waals surface area contributed by atoms with Gasteiger partial charge in [-0.25, -0.2) is 0 Å². The summed E-state index contributed by atoms with van der Waals surface area (Å²) in [5, 5.41) is 14.8. The fourth-order valence-electron chi connectivity index (χ4n) is 2.55. The van der Waals surface area contributed by atoms with Gasteiger partial charge in [0.2, 0.25) is 0 Å². The second kappa shape index (κ2) is 6.31. The van der Waals surface area contributed by atoms with Crippen LogP contribution in [0.1, 0.15) is 10.4 Å². The summed E-state index contributed by atoms with van der Waals surface area (Å²) in [5.74, 6) is -0.436. The molecule has 0 atom stereocenters. The monoisotopic (exact) mass is 309 g/mol. The number of hydrogen-bond donors (Lipinski definition) is 1. The van der Waals surface area contributed by atoms with Gasteiger partial charge < -0.3 is 9.88 Å². The predicted octanol–water partition coefficient (Wildman–Crippen LogP) is 2.98. The average Bonchev–Trinajstić information content (AvgIpc) is 2.98. The maximum atomic E-state index is 12.1. The maximum Gasteiger partial charge on any atom is 0.282 e. The van der Waals surface area contributed by atoms with Gasteiger partial charge in [-0.15, -0.1) is 0 Å². The van der Waals surface area contributed by atoms with E-state index in [-0.39, 0.29) is 11.3 Å². The number of amides is 1. The van der Waals surface area contributed by atoms with Crippen molar-refractivity contribution < 1.29 is 9.72 Å². The minimum atomic E-state index is -0.547. The van der Waals surface area contributed by atoms with E-state index in [0.717, 1.165) is 10.9 Å². The summed E-state index contributed by atoms with van der Waals surface area (Å²) in [6.45, 7) is 0.990. The first-order valence-corrected chi connectivity index (χ1v) is 7.22. The molecule has 1 amide bonds. The second-order valence-electron chi connectivity index (χ2n) is 5.10. The summed E-state index contributed by atoms with van der Waals surface area (Å²) in [6.07, 6.45) is 1.96. The number of hydrogen-bond acceptors (Lipinski definition) is 3. The van der Waals surface area contributed by atoms with Gasteiger partial charge in [-0.2, -0.15) is 0 Å². The molecule has 23 heavy (non-hydrogen) atoms. The number of para-hydroxylation sites is 2. The van der Waals surface area contributed by atoms with E-state index in [9.17, 15) is 14.9 Å². The van der Waals surface area contributed by atoms with Crippen molar-refractivity contribution in [3.8, 4) is 0 Å². The highest BCUT2D eigenvalue weighted by Gasteiger charge is 2.18.